The highest BCUT2D eigenvalue weighted by Gasteiger charge is 2.21. The van der Waals surface area contributed by atoms with Gasteiger partial charge in [-0.25, -0.2) is 15.0 Å². The molecule has 0 aliphatic carbocycles. The second kappa shape index (κ2) is 11.6. The van der Waals surface area contributed by atoms with Gasteiger partial charge < -0.3 is 0 Å². The van der Waals surface area contributed by atoms with Gasteiger partial charge in [0.25, 0.3) is 0 Å². The highest BCUT2D eigenvalue weighted by atomic mass is 32.1. The number of para-hydroxylation sites is 1. The Morgan fingerprint density at radius 3 is 1.65 bits per heavy atom. The maximum absolute atomic E-state index is 5.55. The lowest BCUT2D eigenvalue weighted by atomic mass is 9.94. The van der Waals surface area contributed by atoms with Crippen LogP contribution in [-0.2, 0) is 0 Å². The molecule has 0 saturated heterocycles. The SMILES string of the molecule is c1ccc(-c2nc(-c3cccc4c3nc(-c3ccccc3)c3ccc5sc6ccccc6c5c34)cc(-c3cccc4sc5ccccc5c34)n2)cc1. The average Bonchev–Trinajstić information content (AvgIpc) is 3.79. The molecule has 0 fully saturated rings. The van der Waals surface area contributed by atoms with Gasteiger partial charge in [-0.2, -0.15) is 0 Å². The first kappa shape index (κ1) is 29.5. The maximum Gasteiger partial charge on any atom is 0.160 e. The van der Waals surface area contributed by atoms with Gasteiger partial charge in [-0.3, -0.25) is 0 Å². The molecular weight excluding hydrogens is 671 g/mol. The van der Waals surface area contributed by atoms with Gasteiger partial charge in [-0.15, -0.1) is 22.7 Å². The van der Waals surface area contributed by atoms with E-state index in [9.17, 15) is 0 Å². The number of hydrogen-bond donors (Lipinski definition) is 0. The normalized spacial score (nSPS) is 11.8. The summed E-state index contributed by atoms with van der Waals surface area (Å²) in [5.41, 5.74) is 7.79. The molecule has 0 amide bonds. The summed E-state index contributed by atoms with van der Waals surface area (Å²) in [7, 11) is 0. The Morgan fingerprint density at radius 2 is 0.904 bits per heavy atom. The van der Waals surface area contributed by atoms with E-state index >= 15 is 0 Å². The zero-order valence-corrected chi connectivity index (χ0v) is 29.4. The van der Waals surface area contributed by atoms with Crippen LogP contribution in [0.3, 0.4) is 0 Å². The zero-order chi connectivity index (χ0) is 34.2. The third-order valence-electron chi connectivity index (χ3n) is 10.1. The van der Waals surface area contributed by atoms with Crippen LogP contribution >= 0.6 is 22.7 Å². The van der Waals surface area contributed by atoms with Crippen LogP contribution in [0.1, 0.15) is 0 Å². The largest absolute Gasteiger partial charge is 0.246 e. The van der Waals surface area contributed by atoms with E-state index in [-0.39, 0.29) is 0 Å². The predicted octanol–water partition coefficient (Wildman–Crippen LogP) is 13.6. The summed E-state index contributed by atoms with van der Waals surface area (Å²) in [6, 6.07) is 58.1. The molecule has 11 aromatic rings. The number of hydrogen-bond acceptors (Lipinski definition) is 5. The van der Waals surface area contributed by atoms with Crippen LogP contribution in [-0.4, -0.2) is 15.0 Å². The minimum Gasteiger partial charge on any atom is -0.246 e. The summed E-state index contributed by atoms with van der Waals surface area (Å²) in [6.45, 7) is 0. The van der Waals surface area contributed by atoms with Crippen molar-refractivity contribution in [2.45, 2.75) is 0 Å². The van der Waals surface area contributed by atoms with Crippen molar-refractivity contribution >= 4 is 84.7 Å². The Morgan fingerprint density at radius 1 is 0.346 bits per heavy atom. The van der Waals surface area contributed by atoms with Crippen molar-refractivity contribution in [1.29, 1.82) is 0 Å². The van der Waals surface area contributed by atoms with Crippen molar-refractivity contribution in [1.82, 2.24) is 15.0 Å². The molecule has 0 N–H and O–H groups in total. The molecule has 0 aliphatic heterocycles. The van der Waals surface area contributed by atoms with E-state index < -0.39 is 0 Å². The molecule has 0 atom stereocenters. The molecule has 7 aromatic carbocycles. The molecule has 0 spiro atoms. The molecule has 5 heteroatoms. The molecule has 0 saturated carbocycles. The number of fused-ring (bicyclic) bond motifs is 10. The topological polar surface area (TPSA) is 38.7 Å². The lowest BCUT2D eigenvalue weighted by Gasteiger charge is -2.15. The van der Waals surface area contributed by atoms with Gasteiger partial charge in [0.2, 0.25) is 0 Å². The van der Waals surface area contributed by atoms with Crippen LogP contribution in [0.25, 0.3) is 107 Å². The maximum atomic E-state index is 5.55. The number of nitrogens with zero attached hydrogens (tertiary/aromatic N) is 3. The van der Waals surface area contributed by atoms with E-state index in [4.69, 9.17) is 15.0 Å². The van der Waals surface area contributed by atoms with Crippen molar-refractivity contribution in [3.63, 3.8) is 0 Å². The minimum atomic E-state index is 0.692. The van der Waals surface area contributed by atoms with Crippen LogP contribution < -0.4 is 0 Å². The Hall–Kier alpha value is -6.27. The van der Waals surface area contributed by atoms with Gasteiger partial charge in [0, 0.05) is 78.8 Å². The number of benzene rings is 7. The molecule has 0 aliphatic rings. The molecule has 52 heavy (non-hydrogen) atoms. The Labute approximate surface area is 307 Å². The first-order valence-corrected chi connectivity index (χ1v) is 19.0. The monoisotopic (exact) mass is 697 g/mol. The van der Waals surface area contributed by atoms with E-state index in [1.54, 1.807) is 0 Å². The van der Waals surface area contributed by atoms with E-state index in [1.807, 2.05) is 40.9 Å². The van der Waals surface area contributed by atoms with Gasteiger partial charge in [-0.05, 0) is 30.3 Å². The van der Waals surface area contributed by atoms with Crippen molar-refractivity contribution < 1.29 is 0 Å². The van der Waals surface area contributed by atoms with Crippen LogP contribution in [0.5, 0.6) is 0 Å². The van der Waals surface area contributed by atoms with Gasteiger partial charge >= 0.3 is 0 Å². The van der Waals surface area contributed by atoms with Gasteiger partial charge in [0.05, 0.1) is 22.6 Å². The van der Waals surface area contributed by atoms with Crippen molar-refractivity contribution in [2.75, 3.05) is 0 Å². The Bertz CT molecular complexity index is 3180. The standard InChI is InChI=1S/C47H27N3S2/c1-3-13-28(14-4-1)45-35-25-26-41-44(33-18-8-10-23-39(33)52-41)43(35)34-21-11-20-31(46(34)50-45)37-27-36(48-47(49-37)29-15-5-2-6-16-29)30-19-12-24-40-42(30)32-17-7-9-22-38(32)51-40/h1-27H. The quantitative estimate of drug-likeness (QED) is 0.172. The molecule has 242 valence electrons. The fraction of sp³-hybridized carbons (Fsp3) is 0. The van der Waals surface area contributed by atoms with E-state index in [1.165, 1.54) is 45.7 Å². The summed E-state index contributed by atoms with van der Waals surface area (Å²) in [5, 5.41) is 8.53. The number of pyridine rings is 1. The smallest absolute Gasteiger partial charge is 0.160 e. The summed E-state index contributed by atoms with van der Waals surface area (Å²) in [5.74, 6) is 0.692. The summed E-state index contributed by atoms with van der Waals surface area (Å²) >= 11 is 3.67. The summed E-state index contributed by atoms with van der Waals surface area (Å²) in [6.07, 6.45) is 0. The van der Waals surface area contributed by atoms with Crippen LogP contribution in [0.15, 0.2) is 164 Å². The van der Waals surface area contributed by atoms with Gasteiger partial charge in [-0.1, -0.05) is 133 Å². The third-order valence-corrected chi connectivity index (χ3v) is 12.4. The van der Waals surface area contributed by atoms with E-state index in [0.717, 1.165) is 55.6 Å². The lowest BCUT2D eigenvalue weighted by molar-refractivity contribution is 1.19. The highest BCUT2D eigenvalue weighted by Crippen LogP contribution is 2.45. The summed E-state index contributed by atoms with van der Waals surface area (Å²) < 4.78 is 5.08. The van der Waals surface area contributed by atoms with Crippen LogP contribution in [0.2, 0.25) is 0 Å². The second-order valence-corrected chi connectivity index (χ2v) is 15.3. The number of rotatable bonds is 4. The number of aromatic nitrogens is 3. The fourth-order valence-corrected chi connectivity index (χ4v) is 10.0. The van der Waals surface area contributed by atoms with E-state index in [0.29, 0.717) is 5.82 Å². The Kier molecular flexibility index (Phi) is 6.59. The Balaban J connectivity index is 1.26. The zero-order valence-electron chi connectivity index (χ0n) is 27.7. The lowest BCUT2D eigenvalue weighted by Crippen LogP contribution is -1.98. The molecule has 4 heterocycles. The van der Waals surface area contributed by atoms with Crippen LogP contribution in [0.4, 0.5) is 0 Å². The van der Waals surface area contributed by atoms with Gasteiger partial charge in [0.15, 0.2) is 5.82 Å². The minimum absolute atomic E-state index is 0.692. The van der Waals surface area contributed by atoms with Crippen molar-refractivity contribution in [2.24, 2.45) is 0 Å². The first-order valence-electron chi connectivity index (χ1n) is 17.4. The molecule has 0 bridgehead atoms. The molecule has 0 unspecified atom stereocenters. The number of thiophene rings is 2. The van der Waals surface area contributed by atoms with Crippen molar-refractivity contribution in [3.05, 3.63) is 164 Å². The average molecular weight is 698 g/mol. The summed E-state index contributed by atoms with van der Waals surface area (Å²) in [4.78, 5) is 16.1. The molecular formula is C47H27N3S2. The van der Waals surface area contributed by atoms with Crippen LogP contribution in [0, 0.1) is 0 Å². The fourth-order valence-electron chi connectivity index (χ4n) is 7.78. The van der Waals surface area contributed by atoms with Gasteiger partial charge in [0.1, 0.15) is 0 Å². The predicted molar refractivity (Wildman–Crippen MR) is 222 cm³/mol. The second-order valence-electron chi connectivity index (χ2n) is 13.1. The first-order chi connectivity index (χ1) is 25.8. The van der Waals surface area contributed by atoms with Crippen molar-refractivity contribution in [3.8, 4) is 45.2 Å². The highest BCUT2D eigenvalue weighted by molar-refractivity contribution is 7.26. The molecule has 0 radical (unpaired) electrons. The van der Waals surface area contributed by atoms with E-state index in [2.05, 4.69) is 146 Å². The molecule has 11 rings (SSSR count). The third kappa shape index (κ3) is 4.53. The molecule has 3 nitrogen and oxygen atoms in total. The molecule has 4 aromatic heterocycles.